The molecule has 4 heterocycles. The average molecular weight is 413 g/mol. The molecule has 160 valence electrons. The molecule has 1 spiro atoms. The Kier molecular flexibility index (Phi) is 4.99. The fourth-order valence-electron chi connectivity index (χ4n) is 4.86. The number of imide groups is 1. The molecule has 1 aromatic carbocycles. The van der Waals surface area contributed by atoms with Crippen molar-refractivity contribution in [2.24, 2.45) is 5.41 Å². The highest BCUT2D eigenvalue weighted by Crippen LogP contribution is 2.38. The van der Waals surface area contributed by atoms with Gasteiger partial charge in [-0.25, -0.2) is 0 Å². The summed E-state index contributed by atoms with van der Waals surface area (Å²) in [5, 5.41) is 2.33. The Balaban J connectivity index is 1.15. The van der Waals surface area contributed by atoms with Gasteiger partial charge in [-0.2, -0.15) is 0 Å². The van der Waals surface area contributed by atoms with Crippen molar-refractivity contribution in [3.05, 3.63) is 29.3 Å². The predicted octanol–water partition coefficient (Wildman–Crippen LogP) is 0.939. The van der Waals surface area contributed by atoms with Gasteiger partial charge in [-0.15, -0.1) is 0 Å². The van der Waals surface area contributed by atoms with Crippen molar-refractivity contribution in [3.63, 3.8) is 0 Å². The number of nitrogens with zero attached hydrogens (tertiary/aromatic N) is 2. The van der Waals surface area contributed by atoms with E-state index in [1.54, 1.807) is 11.0 Å². The predicted molar refractivity (Wildman–Crippen MR) is 107 cm³/mol. The van der Waals surface area contributed by atoms with Gasteiger partial charge in [-0.1, -0.05) is 0 Å². The molecule has 1 aromatic rings. The Morgan fingerprint density at radius 2 is 1.97 bits per heavy atom. The Labute approximate surface area is 175 Å². The van der Waals surface area contributed by atoms with Crippen LogP contribution >= 0.6 is 0 Å². The zero-order chi connectivity index (χ0) is 20.7. The molecule has 3 fully saturated rings. The molecule has 30 heavy (non-hydrogen) atoms. The summed E-state index contributed by atoms with van der Waals surface area (Å²) in [6.45, 7) is 5.87. The van der Waals surface area contributed by atoms with Gasteiger partial charge < -0.3 is 14.4 Å². The maximum Gasteiger partial charge on any atom is 0.255 e. The smallest absolute Gasteiger partial charge is 0.255 e. The monoisotopic (exact) mass is 413 g/mol. The summed E-state index contributed by atoms with van der Waals surface area (Å²) in [5.74, 6) is -0.0811. The molecule has 4 aliphatic heterocycles. The van der Waals surface area contributed by atoms with E-state index in [9.17, 15) is 14.4 Å². The van der Waals surface area contributed by atoms with Gasteiger partial charge in [-0.05, 0) is 56.1 Å². The number of amides is 3. The van der Waals surface area contributed by atoms with E-state index in [0.717, 1.165) is 44.2 Å². The van der Waals surface area contributed by atoms with E-state index < -0.39 is 6.04 Å². The number of likely N-dealkylation sites (tertiary alicyclic amines) is 1. The lowest BCUT2D eigenvalue weighted by molar-refractivity contribution is -0.139. The third-order valence-corrected chi connectivity index (χ3v) is 6.90. The first-order valence-corrected chi connectivity index (χ1v) is 10.7. The quantitative estimate of drug-likeness (QED) is 0.723. The molecule has 0 aromatic heterocycles. The lowest BCUT2D eigenvalue weighted by Gasteiger charge is -2.47. The zero-order valence-corrected chi connectivity index (χ0v) is 17.0. The second-order valence-electron chi connectivity index (χ2n) is 8.90. The lowest BCUT2D eigenvalue weighted by atomic mass is 9.77. The molecule has 0 radical (unpaired) electrons. The number of benzene rings is 1. The van der Waals surface area contributed by atoms with Crippen molar-refractivity contribution in [1.29, 1.82) is 0 Å². The fraction of sp³-hybridized carbons (Fsp3) is 0.591. The molecule has 1 unspecified atom stereocenters. The van der Waals surface area contributed by atoms with E-state index in [2.05, 4.69) is 10.2 Å². The first-order valence-electron chi connectivity index (χ1n) is 10.7. The summed E-state index contributed by atoms with van der Waals surface area (Å²) in [5.41, 5.74) is 1.92. The molecule has 8 nitrogen and oxygen atoms in total. The molecule has 3 saturated heterocycles. The van der Waals surface area contributed by atoms with Gasteiger partial charge in [0.2, 0.25) is 11.8 Å². The molecule has 3 amide bonds. The third kappa shape index (κ3) is 3.58. The van der Waals surface area contributed by atoms with Gasteiger partial charge in [-0.3, -0.25) is 24.6 Å². The molecule has 8 heteroatoms. The van der Waals surface area contributed by atoms with E-state index in [4.69, 9.17) is 9.47 Å². The minimum absolute atomic E-state index is 0.159. The van der Waals surface area contributed by atoms with Crippen LogP contribution in [-0.2, 0) is 20.9 Å². The van der Waals surface area contributed by atoms with Crippen LogP contribution < -0.4 is 10.1 Å². The molecule has 0 bridgehead atoms. The molecule has 0 saturated carbocycles. The van der Waals surface area contributed by atoms with Crippen LogP contribution in [0.4, 0.5) is 0 Å². The van der Waals surface area contributed by atoms with E-state index in [-0.39, 0.29) is 24.1 Å². The summed E-state index contributed by atoms with van der Waals surface area (Å²) >= 11 is 0. The number of ether oxygens (including phenoxy) is 2. The van der Waals surface area contributed by atoms with Crippen LogP contribution in [0.3, 0.4) is 0 Å². The van der Waals surface area contributed by atoms with Crippen LogP contribution in [0.1, 0.15) is 41.6 Å². The number of rotatable bonds is 5. The van der Waals surface area contributed by atoms with E-state index in [1.807, 2.05) is 12.1 Å². The summed E-state index contributed by atoms with van der Waals surface area (Å²) in [6.07, 6.45) is 3.03. The largest absolute Gasteiger partial charge is 0.492 e. The molecular weight excluding hydrogens is 386 g/mol. The minimum atomic E-state index is -0.588. The van der Waals surface area contributed by atoms with Crippen molar-refractivity contribution in [1.82, 2.24) is 15.1 Å². The summed E-state index contributed by atoms with van der Waals surface area (Å²) < 4.78 is 11.3. The maximum absolute atomic E-state index is 12.7. The van der Waals surface area contributed by atoms with Gasteiger partial charge in [0.1, 0.15) is 18.4 Å². The van der Waals surface area contributed by atoms with Crippen molar-refractivity contribution >= 4 is 17.7 Å². The molecule has 0 aliphatic carbocycles. The summed E-state index contributed by atoms with van der Waals surface area (Å²) in [6, 6.07) is 4.91. The highest BCUT2D eigenvalue weighted by molar-refractivity contribution is 6.05. The van der Waals surface area contributed by atoms with Crippen LogP contribution in [0.2, 0.25) is 0 Å². The van der Waals surface area contributed by atoms with Crippen molar-refractivity contribution in [2.45, 2.75) is 38.3 Å². The Morgan fingerprint density at radius 3 is 2.67 bits per heavy atom. The standard InChI is InChI=1S/C22H27N3O5/c26-19-4-3-18(20(27)23-19)25-12-15-11-16(1-2-17(15)21(25)28)30-10-9-24-7-5-22(6-8-24)13-29-14-22/h1-2,11,18H,3-10,12-14H2,(H,23,26,27). The van der Waals surface area contributed by atoms with E-state index in [0.29, 0.717) is 30.6 Å². The number of fused-ring (bicyclic) bond motifs is 1. The number of carbonyl (C=O) groups is 3. The molecule has 5 rings (SSSR count). The third-order valence-electron chi connectivity index (χ3n) is 6.90. The normalized spacial score (nSPS) is 25.8. The number of nitrogens with one attached hydrogen (secondary N) is 1. The Hall–Kier alpha value is -2.45. The van der Waals surface area contributed by atoms with Gasteiger partial charge in [0.15, 0.2) is 0 Å². The number of hydrogen-bond donors (Lipinski definition) is 1. The van der Waals surface area contributed by atoms with Gasteiger partial charge in [0.25, 0.3) is 5.91 Å². The van der Waals surface area contributed by atoms with Crippen molar-refractivity contribution in [2.75, 3.05) is 39.5 Å². The minimum Gasteiger partial charge on any atom is -0.492 e. The molecule has 4 aliphatic rings. The average Bonchev–Trinajstić information content (AvgIpc) is 3.03. The van der Waals surface area contributed by atoms with E-state index in [1.165, 1.54) is 12.8 Å². The van der Waals surface area contributed by atoms with Crippen LogP contribution in [0.5, 0.6) is 5.75 Å². The second-order valence-corrected chi connectivity index (χ2v) is 8.90. The molecule has 1 atom stereocenters. The highest BCUT2D eigenvalue weighted by Gasteiger charge is 2.41. The number of carbonyl (C=O) groups excluding carboxylic acids is 3. The zero-order valence-electron chi connectivity index (χ0n) is 17.0. The van der Waals surface area contributed by atoms with Crippen molar-refractivity contribution < 1.29 is 23.9 Å². The SMILES string of the molecule is O=C1CCC(N2Cc3cc(OCCN4CCC5(CC4)COC5)ccc3C2=O)C(=O)N1. The van der Waals surface area contributed by atoms with E-state index >= 15 is 0 Å². The van der Waals surface area contributed by atoms with Gasteiger partial charge in [0, 0.05) is 30.5 Å². The maximum atomic E-state index is 12.7. The van der Waals surface area contributed by atoms with Crippen LogP contribution in [0.25, 0.3) is 0 Å². The fourth-order valence-corrected chi connectivity index (χ4v) is 4.86. The van der Waals surface area contributed by atoms with Crippen LogP contribution in [0.15, 0.2) is 18.2 Å². The topological polar surface area (TPSA) is 88.2 Å². The second kappa shape index (κ2) is 7.67. The number of hydrogen-bond acceptors (Lipinski definition) is 6. The lowest BCUT2D eigenvalue weighted by Crippen LogP contribution is -2.52. The van der Waals surface area contributed by atoms with Crippen LogP contribution in [-0.4, -0.2) is 73.0 Å². The van der Waals surface area contributed by atoms with Crippen LogP contribution in [0, 0.1) is 5.41 Å². The first-order chi connectivity index (χ1) is 14.5. The van der Waals surface area contributed by atoms with Gasteiger partial charge >= 0.3 is 0 Å². The summed E-state index contributed by atoms with van der Waals surface area (Å²) in [4.78, 5) is 40.3. The molecule has 1 N–H and O–H groups in total. The van der Waals surface area contributed by atoms with Gasteiger partial charge in [0.05, 0.1) is 13.2 Å². The first kappa shape index (κ1) is 19.5. The molecular formula is C22H27N3O5. The van der Waals surface area contributed by atoms with Crippen molar-refractivity contribution in [3.8, 4) is 5.75 Å². The highest BCUT2D eigenvalue weighted by atomic mass is 16.5. The number of piperidine rings is 2. The Bertz CT molecular complexity index is 872. The summed E-state index contributed by atoms with van der Waals surface area (Å²) in [7, 11) is 0. The Morgan fingerprint density at radius 1 is 1.17 bits per heavy atom.